The van der Waals surface area contributed by atoms with Crippen molar-refractivity contribution in [3.8, 4) is 0 Å². The number of H-pyrrole nitrogens is 1. The lowest BCUT2D eigenvalue weighted by Crippen LogP contribution is -2.40. The number of carbonyl (C=O) groups is 4. The maximum absolute atomic E-state index is 13.0. The zero-order valence-corrected chi connectivity index (χ0v) is 18.4. The van der Waals surface area contributed by atoms with Gasteiger partial charge in [-0.1, -0.05) is 12.1 Å². The van der Waals surface area contributed by atoms with E-state index < -0.39 is 51.4 Å². The number of nitro groups is 1. The molecule has 0 bridgehead atoms. The summed E-state index contributed by atoms with van der Waals surface area (Å²) in [6, 6.07) is 8.94. The van der Waals surface area contributed by atoms with Gasteiger partial charge in [0.05, 0.1) is 34.3 Å². The average Bonchev–Trinajstić information content (AvgIpc) is 2.85. The Labute approximate surface area is 200 Å². The van der Waals surface area contributed by atoms with Gasteiger partial charge in [0.25, 0.3) is 28.8 Å². The number of Topliss-reactive ketones (excluding diaryl/α,β-unsaturated/α-hetero) is 1. The first-order valence-corrected chi connectivity index (χ1v) is 9.87. The minimum Gasteiger partial charge on any atom is -0.463 e. The van der Waals surface area contributed by atoms with Crippen molar-refractivity contribution < 1.29 is 28.8 Å². The van der Waals surface area contributed by atoms with Crippen LogP contribution in [0.4, 0.5) is 11.4 Å². The summed E-state index contributed by atoms with van der Waals surface area (Å²) in [5, 5.41) is 16.6. The van der Waals surface area contributed by atoms with Crippen LogP contribution >= 0.6 is 0 Å². The Kier molecular flexibility index (Phi) is 7.13. The molecule has 2 aromatic carbocycles. The summed E-state index contributed by atoms with van der Waals surface area (Å²) in [4.78, 5) is 79.2. The van der Waals surface area contributed by atoms with Crippen molar-refractivity contribution in [2.45, 2.75) is 5.92 Å². The van der Waals surface area contributed by atoms with Crippen LogP contribution in [0.15, 0.2) is 52.4 Å². The molecule has 0 saturated carbocycles. The topological polar surface area (TPSA) is 243 Å². The maximum Gasteiger partial charge on any atom is 0.375 e. The first kappa shape index (κ1) is 25.2. The molecule has 3 rings (SSSR count). The molecule has 2 amide bonds. The summed E-state index contributed by atoms with van der Waals surface area (Å²) in [5.41, 5.74) is 2.23. The number of benzene rings is 2. The number of nitro benzene ring substituents is 1. The highest BCUT2D eigenvalue weighted by atomic mass is 16.6. The van der Waals surface area contributed by atoms with Crippen LogP contribution in [0, 0.1) is 10.1 Å². The van der Waals surface area contributed by atoms with Crippen LogP contribution in [0.3, 0.4) is 0 Å². The molecule has 15 nitrogen and oxygen atoms in total. The summed E-state index contributed by atoms with van der Waals surface area (Å²) in [6.45, 7) is 0. The number of aromatic amines is 1. The second-order valence-corrected chi connectivity index (χ2v) is 7.08. The Morgan fingerprint density at radius 2 is 1.89 bits per heavy atom. The van der Waals surface area contributed by atoms with Gasteiger partial charge in [-0.3, -0.25) is 29.3 Å². The number of amides is 2. The van der Waals surface area contributed by atoms with E-state index in [1.807, 2.05) is 0 Å². The SMILES string of the molecule is COC(=O)C(=O)[C@H](/C(=N\N)C(=O)Nc1ccccc1C(N)=O)c1nc2ccc([N+](=O)[O-])cc2[nH]c1=O. The number of rotatable bonds is 8. The van der Waals surface area contributed by atoms with E-state index in [2.05, 4.69) is 25.1 Å². The Hall–Kier alpha value is -5.47. The zero-order chi connectivity index (χ0) is 26.6. The molecule has 15 heteroatoms. The van der Waals surface area contributed by atoms with E-state index in [0.29, 0.717) is 0 Å². The average molecular weight is 495 g/mol. The number of carbonyl (C=O) groups excluding carboxylic acids is 4. The summed E-state index contributed by atoms with van der Waals surface area (Å²) in [6.07, 6.45) is 0. The molecule has 0 aliphatic rings. The van der Waals surface area contributed by atoms with Crippen molar-refractivity contribution in [2.24, 2.45) is 16.7 Å². The van der Waals surface area contributed by atoms with Crippen LogP contribution in [-0.4, -0.2) is 51.3 Å². The molecular weight excluding hydrogens is 478 g/mol. The predicted molar refractivity (Wildman–Crippen MR) is 124 cm³/mol. The van der Waals surface area contributed by atoms with E-state index in [0.717, 1.165) is 19.2 Å². The van der Waals surface area contributed by atoms with Crippen LogP contribution in [0.5, 0.6) is 0 Å². The standard InChI is InChI=1S/C21H17N7O8/c1-36-21(33)17(29)14(15-19(31)26-13-8-9(28(34)35)6-7-12(13)24-15)16(27-23)20(32)25-11-5-3-2-4-10(11)18(22)30/h2-8,14H,23H2,1H3,(H2,22,30)(H,25,32)(H,26,31)/b27-16+/t14-/m0/s1. The van der Waals surface area contributed by atoms with Crippen molar-refractivity contribution in [3.05, 3.63) is 74.2 Å². The molecule has 0 radical (unpaired) electrons. The number of non-ortho nitro benzene ring substituents is 1. The quantitative estimate of drug-likeness (QED) is 0.0794. The van der Waals surface area contributed by atoms with Gasteiger partial charge in [-0.05, 0) is 18.2 Å². The second kappa shape index (κ2) is 10.2. The predicted octanol–water partition coefficient (Wildman–Crippen LogP) is -0.291. The van der Waals surface area contributed by atoms with Crippen molar-refractivity contribution >= 4 is 51.7 Å². The van der Waals surface area contributed by atoms with E-state index >= 15 is 0 Å². The first-order valence-electron chi connectivity index (χ1n) is 9.87. The Bertz CT molecular complexity index is 1510. The normalized spacial score (nSPS) is 12.0. The summed E-state index contributed by atoms with van der Waals surface area (Å²) >= 11 is 0. The molecule has 184 valence electrons. The van der Waals surface area contributed by atoms with Gasteiger partial charge >= 0.3 is 5.97 Å². The molecule has 0 unspecified atom stereocenters. The fourth-order valence-electron chi connectivity index (χ4n) is 3.25. The van der Waals surface area contributed by atoms with E-state index in [-0.39, 0.29) is 28.0 Å². The molecule has 0 spiro atoms. The van der Waals surface area contributed by atoms with Crippen LogP contribution in [0.1, 0.15) is 22.0 Å². The Morgan fingerprint density at radius 1 is 1.19 bits per heavy atom. The van der Waals surface area contributed by atoms with Gasteiger partial charge in [0, 0.05) is 12.1 Å². The van der Waals surface area contributed by atoms with E-state index in [4.69, 9.17) is 11.6 Å². The molecule has 0 aliphatic carbocycles. The molecule has 1 atom stereocenters. The number of para-hydroxylation sites is 1. The third-order valence-corrected chi connectivity index (χ3v) is 4.92. The summed E-state index contributed by atoms with van der Waals surface area (Å²) in [7, 11) is 0.900. The molecule has 1 aromatic heterocycles. The van der Waals surface area contributed by atoms with Gasteiger partial charge in [-0.25, -0.2) is 9.78 Å². The van der Waals surface area contributed by atoms with Gasteiger partial charge in [0.2, 0.25) is 0 Å². The number of hydrogen-bond acceptors (Lipinski definition) is 11. The van der Waals surface area contributed by atoms with Gasteiger partial charge in [0.15, 0.2) is 0 Å². The molecule has 0 fully saturated rings. The molecule has 36 heavy (non-hydrogen) atoms. The number of ketones is 1. The first-order chi connectivity index (χ1) is 17.1. The number of ether oxygens (including phenoxy) is 1. The van der Waals surface area contributed by atoms with E-state index in [1.54, 1.807) is 0 Å². The van der Waals surface area contributed by atoms with Crippen LogP contribution in [0.2, 0.25) is 0 Å². The van der Waals surface area contributed by atoms with Crippen molar-refractivity contribution in [2.75, 3.05) is 12.4 Å². The maximum atomic E-state index is 13.0. The highest BCUT2D eigenvalue weighted by Crippen LogP contribution is 2.22. The van der Waals surface area contributed by atoms with Crippen molar-refractivity contribution in [1.29, 1.82) is 0 Å². The number of hydrazone groups is 1. The van der Waals surface area contributed by atoms with Gasteiger partial charge < -0.3 is 26.6 Å². The number of anilines is 1. The molecule has 0 saturated heterocycles. The summed E-state index contributed by atoms with van der Waals surface area (Å²) < 4.78 is 4.43. The Balaban J connectivity index is 2.15. The number of hydrogen-bond donors (Lipinski definition) is 4. The third-order valence-electron chi connectivity index (χ3n) is 4.92. The molecular formula is C21H17N7O8. The fourth-order valence-corrected chi connectivity index (χ4v) is 3.25. The number of primary amides is 1. The number of fused-ring (bicyclic) bond motifs is 1. The number of nitrogens with zero attached hydrogens (tertiary/aromatic N) is 3. The lowest BCUT2D eigenvalue weighted by Gasteiger charge is -2.16. The largest absolute Gasteiger partial charge is 0.463 e. The van der Waals surface area contributed by atoms with Gasteiger partial charge in [0.1, 0.15) is 17.3 Å². The highest BCUT2D eigenvalue weighted by Gasteiger charge is 2.39. The van der Waals surface area contributed by atoms with Gasteiger partial charge in [-0.15, -0.1) is 0 Å². The molecule has 6 N–H and O–H groups in total. The van der Waals surface area contributed by atoms with Gasteiger partial charge in [-0.2, -0.15) is 5.10 Å². The lowest BCUT2D eigenvalue weighted by atomic mass is 9.93. The minimum absolute atomic E-state index is 0.00582. The highest BCUT2D eigenvalue weighted by molar-refractivity contribution is 6.54. The monoisotopic (exact) mass is 495 g/mol. The number of aromatic nitrogens is 2. The lowest BCUT2D eigenvalue weighted by molar-refractivity contribution is -0.384. The molecule has 1 heterocycles. The van der Waals surface area contributed by atoms with E-state index in [9.17, 15) is 34.1 Å². The van der Waals surface area contributed by atoms with Crippen molar-refractivity contribution in [3.63, 3.8) is 0 Å². The van der Waals surface area contributed by atoms with Crippen LogP contribution in [0.25, 0.3) is 11.0 Å². The fraction of sp³-hybridized carbons (Fsp3) is 0.0952. The third kappa shape index (κ3) is 4.89. The second-order valence-electron chi connectivity index (χ2n) is 7.08. The van der Waals surface area contributed by atoms with Crippen molar-refractivity contribution in [1.82, 2.24) is 9.97 Å². The number of nitrogens with two attached hydrogens (primary N) is 2. The smallest absolute Gasteiger partial charge is 0.375 e. The number of esters is 1. The number of nitrogens with one attached hydrogen (secondary N) is 2. The zero-order valence-electron chi connectivity index (χ0n) is 18.4. The minimum atomic E-state index is -2.04. The Morgan fingerprint density at radius 3 is 2.50 bits per heavy atom. The van der Waals surface area contributed by atoms with Crippen LogP contribution in [-0.2, 0) is 19.1 Å². The van der Waals surface area contributed by atoms with Crippen LogP contribution < -0.4 is 22.5 Å². The molecule has 3 aromatic rings. The molecule has 0 aliphatic heterocycles. The number of methoxy groups -OCH3 is 1. The summed E-state index contributed by atoms with van der Waals surface area (Å²) in [5.74, 6) is -1.53. The van der Waals surface area contributed by atoms with E-state index in [1.165, 1.54) is 30.3 Å².